The van der Waals surface area contributed by atoms with Crippen LogP contribution in [-0.4, -0.2) is 8.32 Å². The quantitative estimate of drug-likeness (QED) is 0.320. The third-order valence-corrected chi connectivity index (χ3v) is 14.2. The number of halogens is 5. The zero-order valence-corrected chi connectivity index (χ0v) is 16.1. The van der Waals surface area contributed by atoms with Gasteiger partial charge in [0.2, 0.25) is 0 Å². The van der Waals surface area contributed by atoms with Crippen LogP contribution in [-0.2, 0) is 21.0 Å². The fraction of sp³-hybridized carbons (Fsp3) is 0.500. The second-order valence-electron chi connectivity index (χ2n) is 4.65. The molecule has 0 aliphatic heterocycles. The Morgan fingerprint density at radius 3 is 1.57 bits per heavy atom. The van der Waals surface area contributed by atoms with Crippen LogP contribution in [0.25, 0.3) is 0 Å². The molecule has 21 heavy (non-hydrogen) atoms. The van der Waals surface area contributed by atoms with Crippen molar-refractivity contribution in [2.45, 2.75) is 38.9 Å². The van der Waals surface area contributed by atoms with Crippen LogP contribution in [0.4, 0.5) is 27.6 Å². The molecule has 0 amide bonds. The van der Waals surface area contributed by atoms with Gasteiger partial charge in [-0.25, -0.2) is 0 Å². The number of hydrogen-bond acceptors (Lipinski definition) is 2. The molecule has 1 aromatic rings. The van der Waals surface area contributed by atoms with E-state index in [1.165, 1.54) is 0 Å². The molecule has 9 heteroatoms. The van der Waals surface area contributed by atoms with Gasteiger partial charge in [-0.2, -0.15) is 0 Å². The molecule has 116 valence electrons. The Morgan fingerprint density at radius 1 is 0.810 bits per heavy atom. The van der Waals surface area contributed by atoms with Gasteiger partial charge in [0.05, 0.1) is 0 Å². The van der Waals surface area contributed by atoms with E-state index in [1.54, 1.807) is 0 Å². The van der Waals surface area contributed by atoms with E-state index >= 15 is 0 Å². The van der Waals surface area contributed by atoms with Crippen LogP contribution in [0.1, 0.15) is 20.8 Å². The molecule has 0 saturated carbocycles. The van der Waals surface area contributed by atoms with E-state index < -0.39 is 60.8 Å². The predicted molar refractivity (Wildman–Crippen MR) is 68.1 cm³/mol. The van der Waals surface area contributed by atoms with E-state index in [0.717, 1.165) is 18.1 Å². The van der Waals surface area contributed by atoms with Crippen molar-refractivity contribution in [3.8, 4) is 0 Å². The van der Waals surface area contributed by atoms with E-state index in [-0.39, 0.29) is 0 Å². The fourth-order valence-corrected chi connectivity index (χ4v) is 11.8. The summed E-state index contributed by atoms with van der Waals surface area (Å²) < 4.78 is 74.1. The van der Waals surface area contributed by atoms with Crippen LogP contribution in [0.2, 0.25) is 18.1 Å². The molecule has 0 aliphatic rings. The van der Waals surface area contributed by atoms with Crippen LogP contribution in [0.5, 0.6) is 0 Å². The third-order valence-electron chi connectivity index (χ3n) is 3.77. The molecule has 0 bridgehead atoms. The first kappa shape index (κ1) is 18.5. The first-order valence-corrected chi connectivity index (χ1v) is 11.9. The Hall–Kier alpha value is -0.530. The van der Waals surface area contributed by atoms with Crippen molar-refractivity contribution in [3.05, 3.63) is 29.1 Å². The van der Waals surface area contributed by atoms with Crippen LogP contribution in [0.3, 0.4) is 0 Å². The minimum atomic E-state index is -2.15. The van der Waals surface area contributed by atoms with Gasteiger partial charge in [0.25, 0.3) is 0 Å². The van der Waals surface area contributed by atoms with Gasteiger partial charge in [-0.3, -0.25) is 0 Å². The molecule has 0 unspecified atom stereocenters. The normalized spacial score (nSPS) is 11.4. The van der Waals surface area contributed by atoms with Crippen molar-refractivity contribution in [3.63, 3.8) is 0 Å². The first-order valence-electron chi connectivity index (χ1n) is 6.72. The number of rotatable bonds is 7. The summed E-state index contributed by atoms with van der Waals surface area (Å²) in [5.41, 5.74) is -0.974. The molecule has 1 N–H and O–H groups in total. The number of anilines is 1. The van der Waals surface area contributed by atoms with E-state index in [9.17, 15) is 22.0 Å². The van der Waals surface area contributed by atoms with E-state index in [1.807, 2.05) is 20.8 Å². The monoisotopic (exact) mass is 377 g/mol. The molecule has 1 rings (SSSR count). The maximum absolute atomic E-state index is 13.5. The SMILES string of the molecule is CC[Si](CC)(CC)[O][Zn][NH]c1c(F)c(F)c(F)c(F)c1F. The van der Waals surface area contributed by atoms with Crippen molar-refractivity contribution in [2.75, 3.05) is 4.06 Å². The van der Waals surface area contributed by atoms with Crippen LogP contribution < -0.4 is 4.06 Å². The summed E-state index contributed by atoms with van der Waals surface area (Å²) in [7, 11) is -1.93. The van der Waals surface area contributed by atoms with Crippen LogP contribution >= 0.6 is 0 Å². The van der Waals surface area contributed by atoms with Gasteiger partial charge in [-0.15, -0.1) is 0 Å². The molecule has 0 atom stereocenters. The Bertz CT molecular complexity index is 476. The molecular formula is C12H16F5NOSiZn. The summed E-state index contributed by atoms with van der Waals surface area (Å²) in [6.07, 6.45) is 0. The Kier molecular flexibility index (Phi) is 6.74. The first-order chi connectivity index (χ1) is 9.83. The molecule has 0 fully saturated rings. The Morgan fingerprint density at radius 2 is 1.19 bits per heavy atom. The topological polar surface area (TPSA) is 21.3 Å². The summed E-state index contributed by atoms with van der Waals surface area (Å²) in [5.74, 6) is -9.70. The van der Waals surface area contributed by atoms with Crippen molar-refractivity contribution in [2.24, 2.45) is 0 Å². The second kappa shape index (κ2) is 7.65. The summed E-state index contributed by atoms with van der Waals surface area (Å²) in [4.78, 5) is 0. The van der Waals surface area contributed by atoms with E-state index in [4.69, 9.17) is 3.25 Å². The zero-order chi connectivity index (χ0) is 16.2. The zero-order valence-electron chi connectivity index (χ0n) is 12.1. The molecule has 0 heterocycles. The summed E-state index contributed by atoms with van der Waals surface area (Å²) >= 11 is -2.11. The average Bonchev–Trinajstić information content (AvgIpc) is 2.51. The van der Waals surface area contributed by atoms with Gasteiger partial charge in [-0.05, 0) is 0 Å². The number of nitrogens with one attached hydrogen (secondary N) is 1. The molecule has 0 spiro atoms. The van der Waals surface area contributed by atoms with Crippen molar-refractivity contribution >= 4 is 14.0 Å². The second-order valence-corrected chi connectivity index (χ2v) is 12.6. The summed E-state index contributed by atoms with van der Waals surface area (Å²) in [6.45, 7) is 5.96. The molecular weight excluding hydrogens is 363 g/mol. The van der Waals surface area contributed by atoms with Crippen molar-refractivity contribution in [1.82, 2.24) is 0 Å². The van der Waals surface area contributed by atoms with Gasteiger partial charge >= 0.3 is 129 Å². The molecule has 0 saturated heterocycles. The third kappa shape index (κ3) is 3.81. The van der Waals surface area contributed by atoms with Gasteiger partial charge in [0, 0.05) is 0 Å². The van der Waals surface area contributed by atoms with Crippen molar-refractivity contribution in [1.29, 1.82) is 0 Å². The summed E-state index contributed by atoms with van der Waals surface area (Å²) in [6, 6.07) is 2.55. The maximum atomic E-state index is 13.5. The van der Waals surface area contributed by atoms with E-state index in [2.05, 4.69) is 4.06 Å². The van der Waals surface area contributed by atoms with Crippen LogP contribution in [0.15, 0.2) is 0 Å². The fourth-order valence-electron chi connectivity index (χ4n) is 2.08. The molecule has 0 aliphatic carbocycles. The minimum absolute atomic E-state index is 0.851. The Balaban J connectivity index is 2.91. The van der Waals surface area contributed by atoms with Gasteiger partial charge < -0.3 is 0 Å². The van der Waals surface area contributed by atoms with Gasteiger partial charge in [-0.1, -0.05) is 0 Å². The molecule has 0 aromatic heterocycles. The average molecular weight is 379 g/mol. The standard InChI is InChI=1S/C6HF5N.C6H15OSi.Zn/c7-1-2(8)4(10)6(12)5(11)3(1)9;1-4-8(7,5-2)6-3;/h12H;4-6H2,1-3H3;/q2*-1;+2. The Labute approximate surface area is 129 Å². The molecule has 1 aromatic carbocycles. The summed E-state index contributed by atoms with van der Waals surface area (Å²) in [5, 5.41) is 0. The van der Waals surface area contributed by atoms with Gasteiger partial charge in [0.1, 0.15) is 0 Å². The predicted octanol–water partition coefficient (Wildman–Crippen LogP) is 4.73. The molecule has 0 radical (unpaired) electrons. The van der Waals surface area contributed by atoms with Gasteiger partial charge in [0.15, 0.2) is 0 Å². The van der Waals surface area contributed by atoms with Crippen molar-refractivity contribution < 1.29 is 42.9 Å². The number of benzene rings is 1. The van der Waals surface area contributed by atoms with E-state index in [0.29, 0.717) is 0 Å². The molecule has 2 nitrogen and oxygen atoms in total. The number of hydrogen-bond donors (Lipinski definition) is 1. The van der Waals surface area contributed by atoms with Crippen LogP contribution in [0, 0.1) is 29.1 Å².